The van der Waals surface area contributed by atoms with Gasteiger partial charge in [-0.05, 0) is 99.7 Å². The van der Waals surface area contributed by atoms with Gasteiger partial charge in [-0.2, -0.15) is 0 Å². The van der Waals surface area contributed by atoms with Crippen LogP contribution in [0.1, 0.15) is 39.5 Å². The van der Waals surface area contributed by atoms with Crippen molar-refractivity contribution in [3.63, 3.8) is 0 Å². The van der Waals surface area contributed by atoms with Crippen molar-refractivity contribution in [2.45, 2.75) is 50.8 Å². The van der Waals surface area contributed by atoms with Gasteiger partial charge in [0.05, 0.1) is 0 Å². The predicted molar refractivity (Wildman–Crippen MR) is 183 cm³/mol. The Morgan fingerprint density at radius 2 is 0.614 bits per heavy atom. The van der Waals surface area contributed by atoms with E-state index < -0.39 is 23.1 Å². The summed E-state index contributed by atoms with van der Waals surface area (Å²) in [7, 11) is -6.90. The molecule has 1 aliphatic rings. The van der Waals surface area contributed by atoms with E-state index in [1.807, 2.05) is 0 Å². The minimum Gasteiger partial charge on any atom is -0.418 e. The first kappa shape index (κ1) is 38.3. The van der Waals surface area contributed by atoms with E-state index in [0.29, 0.717) is 11.3 Å². The van der Waals surface area contributed by atoms with Crippen molar-refractivity contribution in [1.82, 2.24) is 0 Å². The van der Waals surface area contributed by atoms with Gasteiger partial charge < -0.3 is 17.3 Å². The number of rotatable bonds is 7. The zero-order valence-electron chi connectivity index (χ0n) is 25.2. The van der Waals surface area contributed by atoms with Gasteiger partial charge in [0, 0.05) is 19.5 Å². The monoisotopic (exact) mass is 724 g/mol. The van der Waals surface area contributed by atoms with E-state index in [4.69, 9.17) is 0 Å². The number of hydrogen-bond donors (Lipinski definition) is 0. The van der Waals surface area contributed by atoms with Crippen LogP contribution in [-0.2, 0) is 19.5 Å². The Hall–Kier alpha value is -1.85. The van der Waals surface area contributed by atoms with Crippen molar-refractivity contribution in [3.8, 4) is 0 Å². The summed E-state index contributed by atoms with van der Waals surface area (Å²) in [5, 5.41) is 5.87. The van der Waals surface area contributed by atoms with Crippen molar-refractivity contribution in [1.29, 1.82) is 0 Å². The molecule has 0 nitrogen and oxygen atoms in total. The molecule has 0 heterocycles. The van der Waals surface area contributed by atoms with Crippen molar-refractivity contribution in [3.05, 3.63) is 147 Å². The molecule has 4 aromatic rings. The van der Waals surface area contributed by atoms with Crippen LogP contribution >= 0.6 is 15.8 Å². The molecule has 0 amide bonds. The summed E-state index contributed by atoms with van der Waals surface area (Å²) in [6, 6.07) is 44.5. The van der Waals surface area contributed by atoms with E-state index in [-0.39, 0.29) is 19.5 Å². The van der Waals surface area contributed by atoms with Gasteiger partial charge in [0.15, 0.2) is 0 Å². The predicted octanol–water partition coefficient (Wildman–Crippen LogP) is 9.70. The van der Waals surface area contributed by atoms with Crippen LogP contribution in [0, 0.1) is 25.7 Å². The summed E-state index contributed by atoms with van der Waals surface area (Å²) in [5.74, 6) is 0. The molecular formula is C36H40BF4P2Rh-. The van der Waals surface area contributed by atoms with Crippen molar-refractivity contribution >= 4 is 44.3 Å². The maximum Gasteiger partial charge on any atom is 0.673 e. The van der Waals surface area contributed by atoms with Gasteiger partial charge in [-0.15, -0.1) is 0 Å². The normalized spacial score (nSPS) is 14.8. The average molecular weight is 724 g/mol. The third-order valence-electron chi connectivity index (χ3n) is 6.98. The van der Waals surface area contributed by atoms with Crippen LogP contribution in [0.4, 0.5) is 17.3 Å². The van der Waals surface area contributed by atoms with Crippen LogP contribution in [0.15, 0.2) is 121 Å². The fourth-order valence-electron chi connectivity index (χ4n) is 4.88. The van der Waals surface area contributed by atoms with Gasteiger partial charge in [0.2, 0.25) is 0 Å². The molecule has 5 radical (unpaired) electrons. The summed E-state index contributed by atoms with van der Waals surface area (Å²) >= 11 is 0. The molecule has 4 aromatic carbocycles. The Morgan fingerprint density at radius 1 is 0.432 bits per heavy atom. The van der Waals surface area contributed by atoms with E-state index in [0.717, 1.165) is 0 Å². The largest absolute Gasteiger partial charge is 0.673 e. The molecule has 0 spiro atoms. The molecule has 44 heavy (non-hydrogen) atoms. The summed E-state index contributed by atoms with van der Waals surface area (Å²) < 4.78 is 39.0. The molecule has 0 saturated heterocycles. The molecule has 1 saturated carbocycles. The minimum absolute atomic E-state index is 0. The third-order valence-corrected chi connectivity index (χ3v) is 13.2. The fourth-order valence-corrected chi connectivity index (χ4v) is 11.0. The van der Waals surface area contributed by atoms with Crippen LogP contribution in [0.25, 0.3) is 0 Å². The number of halogens is 4. The van der Waals surface area contributed by atoms with Crippen LogP contribution in [0.2, 0.25) is 0 Å². The van der Waals surface area contributed by atoms with E-state index in [1.165, 1.54) is 46.9 Å². The van der Waals surface area contributed by atoms with E-state index in [1.54, 1.807) is 0 Å². The Labute approximate surface area is 277 Å². The Balaban J connectivity index is 0.000000402. The SMILES string of the molecule is C[C@@H]([C@H](C)P(c1ccccc1)c1ccccc1)P(c1ccccc1)c1ccccc1.F[B-](F)(F)F.[CH]1[CH]CC[CH][CH]CC1.[Rh]. The quantitative estimate of drug-likeness (QED) is 0.101. The molecule has 1 aliphatic carbocycles. The minimum atomic E-state index is -6.00. The van der Waals surface area contributed by atoms with Crippen LogP contribution < -0.4 is 21.2 Å². The molecule has 0 aromatic heterocycles. The van der Waals surface area contributed by atoms with Gasteiger partial charge in [-0.1, -0.05) is 135 Å². The Bertz CT molecular complexity index is 1070. The smallest absolute Gasteiger partial charge is 0.418 e. The van der Waals surface area contributed by atoms with Gasteiger partial charge in [0.25, 0.3) is 0 Å². The standard InChI is InChI=1S/C28H28P2.C8H12.BF4.Rh/c1-23(29(25-15-7-3-8-16-25)26-17-9-4-10-18-26)24(2)30(27-19-11-5-12-20-27)28-21-13-6-14-22-28;1-2-4-6-8-7-5-3-1;2-1(3,4)5;/h3-24H,1-2H3;1-2,7-8H,3-6H2;;/q;;-1;/t23-,24-;;;/m0.../s1. The van der Waals surface area contributed by atoms with Crippen molar-refractivity contribution < 1.29 is 36.7 Å². The molecule has 235 valence electrons. The molecule has 0 N–H and O–H groups in total. The number of benzene rings is 4. The van der Waals surface area contributed by atoms with Gasteiger partial charge >= 0.3 is 7.25 Å². The van der Waals surface area contributed by atoms with E-state index in [2.05, 4.69) is 161 Å². The molecule has 1 fully saturated rings. The second-order valence-electron chi connectivity index (χ2n) is 10.2. The molecular weight excluding hydrogens is 684 g/mol. The van der Waals surface area contributed by atoms with Crippen LogP contribution in [0.3, 0.4) is 0 Å². The Kier molecular flexibility index (Phi) is 18.3. The first-order valence-electron chi connectivity index (χ1n) is 14.7. The summed E-state index contributed by atoms with van der Waals surface area (Å²) in [6.07, 6.45) is 14.0. The Morgan fingerprint density at radius 3 is 0.795 bits per heavy atom. The maximum atomic E-state index is 9.75. The second kappa shape index (κ2) is 21.0. The summed E-state index contributed by atoms with van der Waals surface area (Å²) in [6.45, 7) is 4.94. The topological polar surface area (TPSA) is 0 Å². The molecule has 0 aliphatic heterocycles. The molecule has 2 atom stereocenters. The first-order chi connectivity index (χ1) is 20.8. The maximum absolute atomic E-state index is 9.75. The average Bonchev–Trinajstić information content (AvgIpc) is 2.99. The van der Waals surface area contributed by atoms with Gasteiger partial charge in [-0.25, -0.2) is 0 Å². The van der Waals surface area contributed by atoms with Crippen LogP contribution in [0.5, 0.6) is 0 Å². The van der Waals surface area contributed by atoms with Gasteiger partial charge in [-0.3, -0.25) is 0 Å². The molecule has 5 rings (SSSR count). The summed E-state index contributed by atoms with van der Waals surface area (Å²) in [5.41, 5.74) is 1.10. The zero-order chi connectivity index (χ0) is 30.9. The van der Waals surface area contributed by atoms with Crippen molar-refractivity contribution in [2.75, 3.05) is 0 Å². The summed E-state index contributed by atoms with van der Waals surface area (Å²) in [4.78, 5) is 0. The second-order valence-corrected chi connectivity index (χ2v) is 15.3. The van der Waals surface area contributed by atoms with Crippen molar-refractivity contribution in [2.24, 2.45) is 0 Å². The molecule has 0 unspecified atom stereocenters. The molecule has 0 bridgehead atoms. The van der Waals surface area contributed by atoms with E-state index in [9.17, 15) is 17.3 Å². The zero-order valence-corrected chi connectivity index (χ0v) is 28.6. The van der Waals surface area contributed by atoms with Crippen LogP contribution in [-0.4, -0.2) is 18.6 Å². The first-order valence-corrected chi connectivity index (χ1v) is 17.5. The van der Waals surface area contributed by atoms with Gasteiger partial charge in [0.1, 0.15) is 0 Å². The molecule has 8 heteroatoms. The third kappa shape index (κ3) is 14.1. The fraction of sp³-hybridized carbons (Fsp3) is 0.222. The van der Waals surface area contributed by atoms with E-state index >= 15 is 0 Å². The number of hydrogen-bond acceptors (Lipinski definition) is 0.